The van der Waals surface area contributed by atoms with Crippen LogP contribution in [0.25, 0.3) is 0 Å². The summed E-state index contributed by atoms with van der Waals surface area (Å²) < 4.78 is 0.969. The lowest BCUT2D eigenvalue weighted by atomic mass is 10.1. The largest absolute Gasteiger partial charge is 0.352 e. The molecule has 0 aliphatic heterocycles. The van der Waals surface area contributed by atoms with Crippen LogP contribution < -0.4 is 5.32 Å². The van der Waals surface area contributed by atoms with Gasteiger partial charge in [0.25, 0.3) is 5.91 Å². The highest BCUT2D eigenvalue weighted by Crippen LogP contribution is 2.31. The number of amides is 1. The van der Waals surface area contributed by atoms with Crippen molar-refractivity contribution in [1.29, 1.82) is 0 Å². The van der Waals surface area contributed by atoms with Gasteiger partial charge in [0.05, 0.1) is 9.90 Å². The molecule has 94 valence electrons. The topological polar surface area (TPSA) is 29.1 Å². The van der Waals surface area contributed by atoms with E-state index in [1.807, 2.05) is 0 Å². The van der Waals surface area contributed by atoms with Crippen molar-refractivity contribution in [3.8, 4) is 0 Å². The van der Waals surface area contributed by atoms with Crippen LogP contribution in [0.15, 0.2) is 6.07 Å². The highest BCUT2D eigenvalue weighted by atomic mass is 35.5. The molecule has 1 aromatic rings. The van der Waals surface area contributed by atoms with Gasteiger partial charge in [0.2, 0.25) is 0 Å². The molecule has 1 amide bonds. The molecule has 0 saturated heterocycles. The van der Waals surface area contributed by atoms with Crippen molar-refractivity contribution in [3.63, 3.8) is 0 Å². The van der Waals surface area contributed by atoms with Crippen molar-refractivity contribution in [3.05, 3.63) is 20.3 Å². The summed E-state index contributed by atoms with van der Waals surface area (Å²) >= 11 is 18.9. The second-order valence-electron chi connectivity index (χ2n) is 4.22. The summed E-state index contributed by atoms with van der Waals surface area (Å²) in [6.45, 7) is 0.659. The van der Waals surface area contributed by atoms with E-state index in [9.17, 15) is 4.79 Å². The summed E-state index contributed by atoms with van der Waals surface area (Å²) in [5.74, 6) is 0.325. The van der Waals surface area contributed by atoms with Gasteiger partial charge in [0.1, 0.15) is 4.34 Å². The second-order valence-corrected chi connectivity index (χ2v) is 7.13. The molecule has 0 spiro atoms. The third kappa shape index (κ3) is 3.50. The number of rotatable bonds is 3. The van der Waals surface area contributed by atoms with Crippen LogP contribution in [0, 0.1) is 5.92 Å². The average Bonchev–Trinajstić information content (AvgIpc) is 2.81. The third-order valence-corrected chi connectivity index (χ3v) is 4.81. The Morgan fingerprint density at radius 2 is 2.24 bits per heavy atom. The molecule has 2 atom stereocenters. The molecule has 0 radical (unpaired) electrons. The molecule has 1 N–H and O–H groups in total. The van der Waals surface area contributed by atoms with E-state index in [2.05, 4.69) is 5.32 Å². The summed E-state index contributed by atoms with van der Waals surface area (Å²) in [5, 5.41) is 3.14. The summed E-state index contributed by atoms with van der Waals surface area (Å²) in [5.41, 5.74) is 0.460. The first-order valence-electron chi connectivity index (χ1n) is 5.43. The van der Waals surface area contributed by atoms with Gasteiger partial charge in [-0.2, -0.15) is 0 Å². The van der Waals surface area contributed by atoms with Gasteiger partial charge in [0.15, 0.2) is 0 Å². The van der Waals surface area contributed by atoms with Crippen molar-refractivity contribution < 1.29 is 4.79 Å². The molecule has 2 unspecified atom stereocenters. The molecule has 1 aliphatic carbocycles. The molecule has 2 nitrogen and oxygen atoms in total. The van der Waals surface area contributed by atoms with Crippen LogP contribution in [0.4, 0.5) is 0 Å². The van der Waals surface area contributed by atoms with E-state index in [0.29, 0.717) is 26.7 Å². The standard InChI is InChI=1S/C11H12Cl3NOS/c12-7-2-1-6(3-7)5-15-11(16)8-4-9(13)17-10(8)14/h4,6-7H,1-3,5H2,(H,15,16). The van der Waals surface area contributed by atoms with E-state index in [-0.39, 0.29) is 11.3 Å². The van der Waals surface area contributed by atoms with Crippen LogP contribution in [0.2, 0.25) is 8.67 Å². The minimum atomic E-state index is -0.156. The zero-order valence-corrected chi connectivity index (χ0v) is 12.1. The van der Waals surface area contributed by atoms with Gasteiger partial charge >= 0.3 is 0 Å². The maximum atomic E-state index is 11.8. The fourth-order valence-electron chi connectivity index (χ4n) is 2.03. The maximum Gasteiger partial charge on any atom is 0.253 e. The van der Waals surface area contributed by atoms with Crippen LogP contribution in [0.3, 0.4) is 0 Å². The van der Waals surface area contributed by atoms with Gasteiger partial charge in [-0.05, 0) is 31.2 Å². The lowest BCUT2D eigenvalue weighted by molar-refractivity contribution is 0.0948. The molecule has 1 aliphatic rings. The fourth-order valence-corrected chi connectivity index (χ4v) is 3.86. The maximum absolute atomic E-state index is 11.8. The second kappa shape index (κ2) is 5.79. The Morgan fingerprint density at radius 1 is 1.47 bits per heavy atom. The predicted molar refractivity (Wildman–Crippen MR) is 73.7 cm³/mol. The molecule has 1 heterocycles. The zero-order valence-electron chi connectivity index (χ0n) is 9.01. The van der Waals surface area contributed by atoms with Gasteiger partial charge in [-0.25, -0.2) is 0 Å². The van der Waals surface area contributed by atoms with Crippen LogP contribution in [-0.4, -0.2) is 17.8 Å². The lowest BCUT2D eigenvalue weighted by Gasteiger charge is -2.10. The van der Waals surface area contributed by atoms with Gasteiger partial charge in [-0.3, -0.25) is 4.79 Å². The first-order valence-corrected chi connectivity index (χ1v) is 7.44. The number of hydrogen-bond acceptors (Lipinski definition) is 2. The van der Waals surface area contributed by atoms with Crippen LogP contribution in [0.1, 0.15) is 29.6 Å². The smallest absolute Gasteiger partial charge is 0.253 e. The number of alkyl halides is 1. The van der Waals surface area contributed by atoms with E-state index < -0.39 is 0 Å². The molecule has 1 fully saturated rings. The summed E-state index contributed by atoms with van der Waals surface area (Å²) in [4.78, 5) is 11.8. The molecule has 0 aromatic carbocycles. The number of nitrogens with one attached hydrogen (secondary N) is 1. The van der Waals surface area contributed by atoms with Gasteiger partial charge in [0, 0.05) is 11.9 Å². The molecule has 1 saturated carbocycles. The van der Waals surface area contributed by atoms with Crippen molar-refractivity contribution in [2.75, 3.05) is 6.54 Å². The minimum Gasteiger partial charge on any atom is -0.352 e. The SMILES string of the molecule is O=C(NCC1CCC(Cl)C1)c1cc(Cl)sc1Cl. The van der Waals surface area contributed by atoms with Crippen LogP contribution >= 0.6 is 46.1 Å². The minimum absolute atomic E-state index is 0.156. The van der Waals surface area contributed by atoms with E-state index in [4.69, 9.17) is 34.8 Å². The number of hydrogen-bond donors (Lipinski definition) is 1. The Morgan fingerprint density at radius 3 is 2.76 bits per heavy atom. The molecule has 0 bridgehead atoms. The molecule has 2 rings (SSSR count). The molecular formula is C11H12Cl3NOS. The Kier molecular flexibility index (Phi) is 4.59. The van der Waals surface area contributed by atoms with Crippen molar-refractivity contribution in [1.82, 2.24) is 5.32 Å². The molecule has 1 aromatic heterocycles. The average molecular weight is 313 g/mol. The highest BCUT2D eigenvalue weighted by molar-refractivity contribution is 7.20. The number of carbonyl (C=O) groups is 1. The normalized spacial score (nSPS) is 23.9. The van der Waals surface area contributed by atoms with Crippen LogP contribution in [-0.2, 0) is 0 Å². The van der Waals surface area contributed by atoms with Gasteiger partial charge in [-0.15, -0.1) is 22.9 Å². The van der Waals surface area contributed by atoms with Gasteiger partial charge in [-0.1, -0.05) is 23.2 Å². The first-order chi connectivity index (χ1) is 8.06. The van der Waals surface area contributed by atoms with Crippen molar-refractivity contribution in [2.45, 2.75) is 24.6 Å². The summed E-state index contributed by atoms with van der Waals surface area (Å²) in [7, 11) is 0. The third-order valence-electron chi connectivity index (χ3n) is 2.93. The monoisotopic (exact) mass is 311 g/mol. The van der Waals surface area contributed by atoms with Crippen molar-refractivity contribution >= 4 is 52.0 Å². The van der Waals surface area contributed by atoms with E-state index >= 15 is 0 Å². The van der Waals surface area contributed by atoms with Crippen LogP contribution in [0.5, 0.6) is 0 Å². The lowest BCUT2D eigenvalue weighted by Crippen LogP contribution is -2.28. The summed E-state index contributed by atoms with van der Waals surface area (Å²) in [6, 6.07) is 1.60. The molecular weight excluding hydrogens is 301 g/mol. The number of halogens is 3. The fraction of sp³-hybridized carbons (Fsp3) is 0.545. The zero-order chi connectivity index (χ0) is 12.4. The highest BCUT2D eigenvalue weighted by Gasteiger charge is 2.23. The predicted octanol–water partition coefficient (Wildman–Crippen LogP) is 4.19. The quantitative estimate of drug-likeness (QED) is 0.833. The number of carbonyl (C=O) groups excluding carboxylic acids is 1. The van der Waals surface area contributed by atoms with E-state index in [1.54, 1.807) is 6.07 Å². The van der Waals surface area contributed by atoms with Gasteiger partial charge < -0.3 is 5.32 Å². The van der Waals surface area contributed by atoms with Crippen molar-refractivity contribution in [2.24, 2.45) is 5.92 Å². The Hall–Kier alpha value is 0.0400. The Balaban J connectivity index is 1.87. The molecule has 17 heavy (non-hydrogen) atoms. The summed E-state index contributed by atoms with van der Waals surface area (Å²) in [6.07, 6.45) is 3.08. The van der Waals surface area contributed by atoms with E-state index in [0.717, 1.165) is 19.3 Å². The Bertz CT molecular complexity index is 421. The number of thiophene rings is 1. The van der Waals surface area contributed by atoms with E-state index in [1.165, 1.54) is 11.3 Å². The first kappa shape index (κ1) is 13.5. The Labute approximate surface area is 119 Å². The molecule has 6 heteroatoms.